The first-order valence-corrected chi connectivity index (χ1v) is 3.12. The number of aliphatic hydroxyl groups excluding tert-OH is 1. The van der Waals surface area contributed by atoms with Crippen molar-refractivity contribution in [2.24, 2.45) is 0 Å². The Kier molecular flexibility index (Phi) is 4.25. The number of nitrogen functional groups attached to an aromatic ring is 2. The molecule has 0 heterocycles. The van der Waals surface area contributed by atoms with Gasteiger partial charge in [0.15, 0.2) is 6.79 Å². The molecule has 12 heavy (non-hydrogen) atoms. The van der Waals surface area contributed by atoms with Crippen LogP contribution in [0.2, 0.25) is 0 Å². The molecule has 1 aromatic rings. The summed E-state index contributed by atoms with van der Waals surface area (Å²) >= 11 is 0. The van der Waals surface area contributed by atoms with Crippen LogP contribution >= 0.6 is 12.4 Å². The molecule has 0 unspecified atom stereocenters. The fraction of sp³-hybridized carbons (Fsp3) is 0.143. The number of hydrogen-bond acceptors (Lipinski definition) is 4. The molecule has 0 atom stereocenters. The van der Waals surface area contributed by atoms with Gasteiger partial charge in [0.25, 0.3) is 0 Å². The van der Waals surface area contributed by atoms with Crippen molar-refractivity contribution in [3.05, 3.63) is 18.2 Å². The van der Waals surface area contributed by atoms with Gasteiger partial charge in [0, 0.05) is 5.69 Å². The average molecular weight is 191 g/mol. The molecule has 0 aliphatic carbocycles. The summed E-state index contributed by atoms with van der Waals surface area (Å²) in [4.78, 5) is 0. The molecule has 0 aromatic heterocycles. The molecule has 0 aliphatic rings. The van der Waals surface area contributed by atoms with Crippen molar-refractivity contribution in [3.8, 4) is 5.75 Å². The van der Waals surface area contributed by atoms with E-state index in [0.29, 0.717) is 17.1 Å². The predicted octanol–water partition coefficient (Wildman–Crippen LogP) is 0.601. The Bertz CT molecular complexity index is 255. The van der Waals surface area contributed by atoms with E-state index in [2.05, 4.69) is 0 Å². The minimum absolute atomic E-state index is 0. The molecule has 0 amide bonds. The lowest BCUT2D eigenvalue weighted by Crippen LogP contribution is -1.99. The molecule has 0 radical (unpaired) electrons. The Morgan fingerprint density at radius 2 is 2.00 bits per heavy atom. The SMILES string of the molecule is Cl.Nc1ccc(OCO)c(N)c1. The molecule has 68 valence electrons. The zero-order valence-electron chi connectivity index (χ0n) is 6.36. The van der Waals surface area contributed by atoms with Gasteiger partial charge in [-0.05, 0) is 18.2 Å². The first kappa shape index (κ1) is 10.9. The molecule has 0 spiro atoms. The van der Waals surface area contributed by atoms with Crippen LogP contribution < -0.4 is 16.2 Å². The van der Waals surface area contributed by atoms with E-state index in [1.807, 2.05) is 0 Å². The number of halogens is 1. The first-order valence-electron chi connectivity index (χ1n) is 3.12. The van der Waals surface area contributed by atoms with E-state index < -0.39 is 0 Å². The number of anilines is 2. The van der Waals surface area contributed by atoms with Gasteiger partial charge in [-0.2, -0.15) is 0 Å². The van der Waals surface area contributed by atoms with Crippen LogP contribution in [0, 0.1) is 0 Å². The molecule has 1 rings (SSSR count). The van der Waals surface area contributed by atoms with E-state index in [1.54, 1.807) is 18.2 Å². The third kappa shape index (κ3) is 2.48. The van der Waals surface area contributed by atoms with Gasteiger partial charge < -0.3 is 21.3 Å². The maximum absolute atomic E-state index is 8.40. The topological polar surface area (TPSA) is 81.5 Å². The van der Waals surface area contributed by atoms with Crippen LogP contribution in [0.4, 0.5) is 11.4 Å². The van der Waals surface area contributed by atoms with Crippen LogP contribution in [0.5, 0.6) is 5.75 Å². The molecule has 0 aliphatic heterocycles. The van der Waals surface area contributed by atoms with E-state index in [1.165, 1.54) is 0 Å². The molecule has 4 nitrogen and oxygen atoms in total. The third-order valence-electron chi connectivity index (χ3n) is 1.25. The highest BCUT2D eigenvalue weighted by Gasteiger charge is 1.98. The van der Waals surface area contributed by atoms with E-state index in [9.17, 15) is 0 Å². The number of nitrogens with two attached hydrogens (primary N) is 2. The highest BCUT2D eigenvalue weighted by Crippen LogP contribution is 2.22. The van der Waals surface area contributed by atoms with Gasteiger partial charge >= 0.3 is 0 Å². The van der Waals surface area contributed by atoms with Crippen molar-refractivity contribution in [3.63, 3.8) is 0 Å². The van der Waals surface area contributed by atoms with Crippen molar-refractivity contribution in [1.82, 2.24) is 0 Å². The lowest BCUT2D eigenvalue weighted by Gasteiger charge is -2.05. The minimum Gasteiger partial charge on any atom is -0.466 e. The number of ether oxygens (including phenoxy) is 1. The van der Waals surface area contributed by atoms with Crippen LogP contribution in [0.25, 0.3) is 0 Å². The van der Waals surface area contributed by atoms with Crippen molar-refractivity contribution >= 4 is 23.8 Å². The maximum Gasteiger partial charge on any atom is 0.186 e. The molecular formula is C7H11ClN2O2. The molecule has 0 saturated carbocycles. The molecule has 0 saturated heterocycles. The Morgan fingerprint density at radius 1 is 1.33 bits per heavy atom. The Balaban J connectivity index is 0.00000121. The van der Waals surface area contributed by atoms with Crippen LogP contribution in [-0.4, -0.2) is 11.9 Å². The fourth-order valence-corrected chi connectivity index (χ4v) is 0.768. The third-order valence-corrected chi connectivity index (χ3v) is 1.25. The molecular weight excluding hydrogens is 180 g/mol. The monoisotopic (exact) mass is 190 g/mol. The lowest BCUT2D eigenvalue weighted by molar-refractivity contribution is 0.0992. The number of aliphatic hydroxyl groups is 1. The number of benzene rings is 1. The van der Waals surface area contributed by atoms with Crippen LogP contribution in [-0.2, 0) is 0 Å². The van der Waals surface area contributed by atoms with Gasteiger partial charge in [0.1, 0.15) is 5.75 Å². The van der Waals surface area contributed by atoms with Crippen molar-refractivity contribution in [1.29, 1.82) is 0 Å². The molecule has 5 N–H and O–H groups in total. The van der Waals surface area contributed by atoms with Crippen molar-refractivity contribution in [2.45, 2.75) is 0 Å². The lowest BCUT2D eigenvalue weighted by atomic mass is 10.2. The fourth-order valence-electron chi connectivity index (χ4n) is 0.768. The van der Waals surface area contributed by atoms with Gasteiger partial charge in [0.05, 0.1) is 5.69 Å². The van der Waals surface area contributed by atoms with Crippen molar-refractivity contribution in [2.75, 3.05) is 18.3 Å². The summed E-state index contributed by atoms with van der Waals surface area (Å²) in [7, 11) is 0. The minimum atomic E-state index is -0.381. The number of hydrogen-bond donors (Lipinski definition) is 3. The van der Waals surface area contributed by atoms with Gasteiger partial charge in [-0.25, -0.2) is 0 Å². The van der Waals surface area contributed by atoms with E-state index >= 15 is 0 Å². The zero-order chi connectivity index (χ0) is 8.27. The van der Waals surface area contributed by atoms with E-state index in [4.69, 9.17) is 21.3 Å². The van der Waals surface area contributed by atoms with Crippen LogP contribution in [0.15, 0.2) is 18.2 Å². The Morgan fingerprint density at radius 3 is 2.50 bits per heavy atom. The quantitative estimate of drug-likeness (QED) is 0.471. The number of rotatable bonds is 2. The summed E-state index contributed by atoms with van der Waals surface area (Å²) in [5, 5.41) is 8.40. The second-order valence-corrected chi connectivity index (χ2v) is 2.07. The van der Waals surface area contributed by atoms with Gasteiger partial charge in [-0.15, -0.1) is 12.4 Å². The summed E-state index contributed by atoms with van der Waals surface area (Å²) in [6, 6.07) is 4.84. The van der Waals surface area contributed by atoms with E-state index in [-0.39, 0.29) is 19.2 Å². The normalized spacial score (nSPS) is 8.75. The van der Waals surface area contributed by atoms with Crippen molar-refractivity contribution < 1.29 is 9.84 Å². The maximum atomic E-state index is 8.40. The summed E-state index contributed by atoms with van der Waals surface area (Å²) in [5.41, 5.74) is 11.9. The van der Waals surface area contributed by atoms with Crippen LogP contribution in [0.1, 0.15) is 0 Å². The Labute approximate surface area is 76.5 Å². The highest BCUT2D eigenvalue weighted by molar-refractivity contribution is 5.85. The largest absolute Gasteiger partial charge is 0.466 e. The molecule has 5 heteroatoms. The average Bonchev–Trinajstić information content (AvgIpc) is 1.95. The Hall–Kier alpha value is -1.13. The first-order chi connectivity index (χ1) is 5.24. The molecule has 1 aromatic carbocycles. The van der Waals surface area contributed by atoms with Gasteiger partial charge in [-0.3, -0.25) is 0 Å². The summed E-state index contributed by atoms with van der Waals surface area (Å²) < 4.78 is 4.77. The van der Waals surface area contributed by atoms with Gasteiger partial charge in [0.2, 0.25) is 0 Å². The smallest absolute Gasteiger partial charge is 0.186 e. The standard InChI is InChI=1S/C7H10N2O2.ClH/c8-5-1-2-7(11-4-10)6(9)3-5;/h1-3,10H,4,8-9H2;1H. The second-order valence-electron chi connectivity index (χ2n) is 2.07. The highest BCUT2D eigenvalue weighted by atomic mass is 35.5. The predicted molar refractivity (Wildman–Crippen MR) is 50.2 cm³/mol. The summed E-state index contributed by atoms with van der Waals surface area (Å²) in [6.45, 7) is -0.381. The van der Waals surface area contributed by atoms with Crippen LogP contribution in [0.3, 0.4) is 0 Å². The second kappa shape index (κ2) is 4.69. The van der Waals surface area contributed by atoms with E-state index in [0.717, 1.165) is 0 Å². The summed E-state index contributed by atoms with van der Waals surface area (Å²) in [6.07, 6.45) is 0. The van der Waals surface area contributed by atoms with Gasteiger partial charge in [-0.1, -0.05) is 0 Å². The summed E-state index contributed by atoms with van der Waals surface area (Å²) in [5.74, 6) is 0.446. The molecule has 0 bridgehead atoms. The zero-order valence-corrected chi connectivity index (χ0v) is 7.17. The molecule has 0 fully saturated rings.